The van der Waals surface area contributed by atoms with Crippen molar-refractivity contribution < 1.29 is 9.53 Å². The molecule has 0 rings (SSSR count). The first-order chi connectivity index (χ1) is 4.31. The van der Waals surface area contributed by atoms with Gasteiger partial charge in [-0.05, 0) is 6.92 Å². The number of halogens is 1. The zero-order chi connectivity index (χ0) is 7.11. The number of aliphatic imine (C=N–C) groups is 1. The van der Waals surface area contributed by atoms with Crippen LogP contribution in [-0.4, -0.2) is 24.8 Å². The number of rotatable bonds is 3. The molecule has 0 fully saturated rings. The first-order valence-electron chi connectivity index (χ1n) is 2.54. The normalized spacial score (nSPS) is 10.0. The van der Waals surface area contributed by atoms with Crippen molar-refractivity contribution in [3.8, 4) is 0 Å². The average Bonchev–Trinajstić information content (AvgIpc) is 1.89. The zero-order valence-corrected chi connectivity index (χ0v) is 5.89. The Hall–Kier alpha value is -0.570. The van der Waals surface area contributed by atoms with Gasteiger partial charge in [0.2, 0.25) is 0 Å². The molecule has 0 heterocycles. The van der Waals surface area contributed by atoms with E-state index in [0.29, 0.717) is 6.61 Å². The maximum absolute atomic E-state index is 10.3. The summed E-state index contributed by atoms with van der Waals surface area (Å²) in [4.78, 5) is 13.6. The lowest BCUT2D eigenvalue weighted by Crippen LogP contribution is -1.95. The molecule has 0 radical (unpaired) electrons. The maximum atomic E-state index is 10.3. The van der Waals surface area contributed by atoms with Crippen LogP contribution in [0.3, 0.4) is 0 Å². The Balaban J connectivity index is 3.32. The molecule has 52 valence electrons. The van der Waals surface area contributed by atoms with Crippen LogP contribution >= 0.6 is 11.6 Å². The van der Waals surface area contributed by atoms with E-state index in [1.165, 1.54) is 0 Å². The molecule has 0 aliphatic carbocycles. The molecule has 0 saturated heterocycles. The van der Waals surface area contributed by atoms with Crippen LogP contribution in [0, 0.1) is 0 Å². The largest absolute Gasteiger partial charge is 0.483 e. The summed E-state index contributed by atoms with van der Waals surface area (Å²) < 4.78 is 4.63. The van der Waals surface area contributed by atoms with Crippen molar-refractivity contribution in [1.29, 1.82) is 0 Å². The highest BCUT2D eigenvalue weighted by Crippen LogP contribution is 1.78. The van der Waals surface area contributed by atoms with Gasteiger partial charge in [0.25, 0.3) is 5.91 Å². The molecular formula is C5H8ClNO2. The van der Waals surface area contributed by atoms with Gasteiger partial charge in [0.05, 0.1) is 6.61 Å². The minimum atomic E-state index is -0.384. The third kappa shape index (κ3) is 5.30. The highest BCUT2D eigenvalue weighted by atomic mass is 35.5. The molecule has 0 atom stereocenters. The second kappa shape index (κ2) is 5.56. The molecule has 0 aliphatic rings. The minimum Gasteiger partial charge on any atom is -0.483 e. The number of carbonyl (C=O) groups is 1. The highest BCUT2D eigenvalue weighted by molar-refractivity contribution is 6.27. The van der Waals surface area contributed by atoms with E-state index in [0.717, 1.165) is 6.40 Å². The van der Waals surface area contributed by atoms with Crippen LogP contribution in [0.1, 0.15) is 6.92 Å². The number of hydrogen-bond donors (Lipinski definition) is 0. The van der Waals surface area contributed by atoms with Crippen molar-refractivity contribution in [2.75, 3.05) is 12.5 Å². The number of hydrogen-bond acceptors (Lipinski definition) is 2. The molecule has 0 aliphatic heterocycles. The zero-order valence-electron chi connectivity index (χ0n) is 5.13. The van der Waals surface area contributed by atoms with E-state index >= 15 is 0 Å². The fourth-order valence-electron chi connectivity index (χ4n) is 0.205. The minimum absolute atomic E-state index is 0.0937. The second-order valence-electron chi connectivity index (χ2n) is 1.22. The molecule has 1 amide bonds. The Bertz CT molecular complexity index is 114. The van der Waals surface area contributed by atoms with E-state index in [-0.39, 0.29) is 11.8 Å². The topological polar surface area (TPSA) is 38.7 Å². The van der Waals surface area contributed by atoms with Crippen LogP contribution in [-0.2, 0) is 9.53 Å². The van der Waals surface area contributed by atoms with Crippen LogP contribution in [0.15, 0.2) is 4.99 Å². The number of alkyl halides is 1. The molecule has 0 unspecified atom stereocenters. The summed E-state index contributed by atoms with van der Waals surface area (Å²) in [5, 5.41) is 0. The van der Waals surface area contributed by atoms with Crippen LogP contribution in [0.2, 0.25) is 0 Å². The Kier molecular flexibility index (Phi) is 5.21. The molecule has 0 bridgehead atoms. The molecule has 9 heavy (non-hydrogen) atoms. The molecule has 0 aromatic carbocycles. The van der Waals surface area contributed by atoms with E-state index in [1.807, 2.05) is 0 Å². The summed E-state index contributed by atoms with van der Waals surface area (Å²) in [6.07, 6.45) is 1.10. The molecule has 0 N–H and O–H groups in total. The third-order valence-electron chi connectivity index (χ3n) is 0.552. The molecule has 0 spiro atoms. The predicted octanol–water partition coefficient (Wildman–Crippen LogP) is 0.817. The summed E-state index contributed by atoms with van der Waals surface area (Å²) in [5.41, 5.74) is 0. The number of carbonyl (C=O) groups excluding carboxylic acids is 1. The van der Waals surface area contributed by atoms with Gasteiger partial charge >= 0.3 is 0 Å². The molecule has 4 heteroatoms. The smallest absolute Gasteiger partial charge is 0.263 e. The number of nitrogens with zero attached hydrogens (tertiary/aromatic N) is 1. The summed E-state index contributed by atoms with van der Waals surface area (Å²) in [6, 6.07) is 0. The van der Waals surface area contributed by atoms with Crippen molar-refractivity contribution in [3.63, 3.8) is 0 Å². The van der Waals surface area contributed by atoms with Gasteiger partial charge in [0.15, 0.2) is 6.40 Å². The summed E-state index contributed by atoms with van der Waals surface area (Å²) in [7, 11) is 0. The van der Waals surface area contributed by atoms with Gasteiger partial charge in [-0.15, -0.1) is 11.6 Å². The van der Waals surface area contributed by atoms with Gasteiger partial charge in [-0.25, -0.2) is 0 Å². The van der Waals surface area contributed by atoms with Crippen LogP contribution < -0.4 is 0 Å². The first-order valence-corrected chi connectivity index (χ1v) is 3.07. The first kappa shape index (κ1) is 8.43. The molecule has 0 saturated carbocycles. The van der Waals surface area contributed by atoms with E-state index < -0.39 is 0 Å². The fourth-order valence-corrected chi connectivity index (χ4v) is 0.274. The third-order valence-corrected chi connectivity index (χ3v) is 0.781. The Morgan fingerprint density at radius 1 is 1.89 bits per heavy atom. The lowest BCUT2D eigenvalue weighted by molar-refractivity contribution is -0.115. The predicted molar refractivity (Wildman–Crippen MR) is 35.8 cm³/mol. The van der Waals surface area contributed by atoms with Crippen LogP contribution in [0.4, 0.5) is 0 Å². The SMILES string of the molecule is CCOC=NC(=O)CCl. The molecule has 0 aromatic rings. The quantitative estimate of drug-likeness (QED) is 0.339. The molecule has 0 aromatic heterocycles. The summed E-state index contributed by atoms with van der Waals surface area (Å²) in [5.74, 6) is -0.478. The van der Waals surface area contributed by atoms with Gasteiger partial charge in [-0.1, -0.05) is 0 Å². The van der Waals surface area contributed by atoms with E-state index in [9.17, 15) is 4.79 Å². The molecule has 3 nitrogen and oxygen atoms in total. The maximum Gasteiger partial charge on any atom is 0.263 e. The average molecular weight is 150 g/mol. The van der Waals surface area contributed by atoms with Crippen LogP contribution in [0.25, 0.3) is 0 Å². The number of ether oxygens (including phenoxy) is 1. The van der Waals surface area contributed by atoms with Crippen molar-refractivity contribution in [1.82, 2.24) is 0 Å². The highest BCUT2D eigenvalue weighted by Gasteiger charge is 1.89. The van der Waals surface area contributed by atoms with Crippen LogP contribution in [0.5, 0.6) is 0 Å². The van der Waals surface area contributed by atoms with E-state index in [4.69, 9.17) is 11.6 Å². The van der Waals surface area contributed by atoms with Crippen molar-refractivity contribution in [2.24, 2.45) is 4.99 Å². The number of amides is 1. The van der Waals surface area contributed by atoms with Crippen molar-refractivity contribution >= 4 is 23.9 Å². The Morgan fingerprint density at radius 2 is 2.56 bits per heavy atom. The Morgan fingerprint density at radius 3 is 3.00 bits per heavy atom. The van der Waals surface area contributed by atoms with E-state index in [2.05, 4.69) is 9.73 Å². The fraction of sp³-hybridized carbons (Fsp3) is 0.600. The van der Waals surface area contributed by atoms with Crippen molar-refractivity contribution in [2.45, 2.75) is 6.92 Å². The van der Waals surface area contributed by atoms with Gasteiger partial charge in [-0.2, -0.15) is 4.99 Å². The van der Waals surface area contributed by atoms with Gasteiger partial charge in [0, 0.05) is 0 Å². The summed E-state index contributed by atoms with van der Waals surface area (Å²) in [6.45, 7) is 2.32. The monoisotopic (exact) mass is 149 g/mol. The van der Waals surface area contributed by atoms with Gasteiger partial charge < -0.3 is 4.74 Å². The van der Waals surface area contributed by atoms with Crippen molar-refractivity contribution in [3.05, 3.63) is 0 Å². The summed E-state index contributed by atoms with van der Waals surface area (Å²) >= 11 is 5.11. The standard InChI is InChI=1S/C5H8ClNO2/c1-2-9-4-7-5(8)3-6/h4H,2-3H2,1H3. The lowest BCUT2D eigenvalue weighted by atomic mass is 10.7. The van der Waals surface area contributed by atoms with E-state index in [1.54, 1.807) is 6.92 Å². The lowest BCUT2D eigenvalue weighted by Gasteiger charge is -1.88. The van der Waals surface area contributed by atoms with Gasteiger partial charge in [0.1, 0.15) is 5.88 Å². The molecular weight excluding hydrogens is 142 g/mol. The van der Waals surface area contributed by atoms with Gasteiger partial charge in [-0.3, -0.25) is 4.79 Å². The second-order valence-corrected chi connectivity index (χ2v) is 1.48. The Labute approximate surface area is 58.7 Å².